The van der Waals surface area contributed by atoms with Crippen molar-refractivity contribution >= 4 is 5.91 Å². The largest absolute Gasteiger partial charge is 0.367 e. The number of hydrogen-bond acceptors (Lipinski definition) is 3. The van der Waals surface area contributed by atoms with Gasteiger partial charge in [0.25, 0.3) is 5.91 Å². The van der Waals surface area contributed by atoms with Crippen LogP contribution < -0.4 is 0 Å². The molecule has 2 heterocycles. The van der Waals surface area contributed by atoms with E-state index < -0.39 is 0 Å². The Balaban J connectivity index is 1.79. The Bertz CT molecular complexity index is 601. The van der Waals surface area contributed by atoms with Crippen LogP contribution in [0.5, 0.6) is 0 Å². The molecule has 0 bridgehead atoms. The van der Waals surface area contributed by atoms with Gasteiger partial charge in [-0.05, 0) is 24.6 Å². The van der Waals surface area contributed by atoms with E-state index in [1.165, 1.54) is 0 Å². The Morgan fingerprint density at radius 3 is 2.71 bits per heavy atom. The second-order valence-electron chi connectivity index (χ2n) is 5.30. The number of rotatable bonds is 2. The van der Waals surface area contributed by atoms with Crippen LogP contribution in [0.4, 0.5) is 0 Å². The average Bonchev–Trinajstić information content (AvgIpc) is 2.55. The highest BCUT2D eigenvalue weighted by molar-refractivity contribution is 5.94. The fraction of sp³-hybridized carbons (Fsp3) is 0.294. The van der Waals surface area contributed by atoms with Crippen LogP contribution in [0, 0.1) is 0 Å². The Labute approximate surface area is 124 Å². The van der Waals surface area contributed by atoms with Crippen molar-refractivity contribution in [2.45, 2.75) is 19.1 Å². The van der Waals surface area contributed by atoms with Crippen LogP contribution in [0.25, 0.3) is 0 Å². The molecule has 0 radical (unpaired) electrons. The molecule has 2 aromatic rings. The van der Waals surface area contributed by atoms with E-state index in [0.717, 1.165) is 5.56 Å². The number of ether oxygens (including phenoxy) is 1. The average molecular weight is 282 g/mol. The van der Waals surface area contributed by atoms with Gasteiger partial charge in [-0.2, -0.15) is 0 Å². The normalized spacial score (nSPS) is 22.0. The fourth-order valence-electron chi connectivity index (χ4n) is 2.64. The number of carbonyl (C=O) groups excluding carboxylic acids is 1. The van der Waals surface area contributed by atoms with Crippen LogP contribution in [-0.4, -0.2) is 35.0 Å². The number of nitrogens with zero attached hydrogens (tertiary/aromatic N) is 2. The monoisotopic (exact) mass is 282 g/mol. The zero-order valence-electron chi connectivity index (χ0n) is 12.0. The van der Waals surface area contributed by atoms with Crippen molar-refractivity contribution in [3.63, 3.8) is 0 Å². The first-order valence-electron chi connectivity index (χ1n) is 7.14. The first-order valence-corrected chi connectivity index (χ1v) is 7.14. The second-order valence-corrected chi connectivity index (χ2v) is 5.30. The smallest absolute Gasteiger partial charge is 0.255 e. The van der Waals surface area contributed by atoms with E-state index in [0.29, 0.717) is 18.7 Å². The third-order valence-corrected chi connectivity index (χ3v) is 3.63. The lowest BCUT2D eigenvalue weighted by Gasteiger charge is -2.37. The first-order chi connectivity index (χ1) is 10.2. The summed E-state index contributed by atoms with van der Waals surface area (Å²) < 4.78 is 5.98. The lowest BCUT2D eigenvalue weighted by molar-refractivity contribution is -0.0691. The van der Waals surface area contributed by atoms with Gasteiger partial charge in [0.1, 0.15) is 6.10 Å². The molecule has 0 saturated carbocycles. The van der Waals surface area contributed by atoms with E-state index in [2.05, 4.69) is 4.98 Å². The van der Waals surface area contributed by atoms with Crippen molar-refractivity contribution in [2.75, 3.05) is 13.1 Å². The zero-order chi connectivity index (χ0) is 14.7. The van der Waals surface area contributed by atoms with Gasteiger partial charge < -0.3 is 9.64 Å². The molecule has 1 aromatic heterocycles. The van der Waals surface area contributed by atoms with Gasteiger partial charge in [-0.3, -0.25) is 9.78 Å². The van der Waals surface area contributed by atoms with Gasteiger partial charge in [0, 0.05) is 18.9 Å². The molecule has 4 heteroatoms. The Kier molecular flexibility index (Phi) is 3.97. The molecule has 1 fully saturated rings. The predicted octanol–water partition coefficient (Wildman–Crippen LogP) is 2.68. The van der Waals surface area contributed by atoms with Gasteiger partial charge in [-0.1, -0.05) is 30.3 Å². The van der Waals surface area contributed by atoms with Crippen LogP contribution in [0.1, 0.15) is 28.9 Å². The van der Waals surface area contributed by atoms with E-state index >= 15 is 0 Å². The summed E-state index contributed by atoms with van der Waals surface area (Å²) in [7, 11) is 0. The summed E-state index contributed by atoms with van der Waals surface area (Å²) >= 11 is 0. The van der Waals surface area contributed by atoms with E-state index in [4.69, 9.17) is 4.74 Å². The maximum atomic E-state index is 12.6. The highest BCUT2D eigenvalue weighted by Crippen LogP contribution is 2.25. The molecule has 0 N–H and O–H groups in total. The van der Waals surface area contributed by atoms with Crippen molar-refractivity contribution in [3.8, 4) is 0 Å². The maximum absolute atomic E-state index is 12.6. The van der Waals surface area contributed by atoms with Crippen LogP contribution in [0.2, 0.25) is 0 Å². The molecule has 4 nitrogen and oxygen atoms in total. The number of aromatic nitrogens is 1. The molecule has 1 aliphatic rings. The van der Waals surface area contributed by atoms with Gasteiger partial charge in [-0.15, -0.1) is 0 Å². The van der Waals surface area contributed by atoms with Crippen LogP contribution in [-0.2, 0) is 4.74 Å². The van der Waals surface area contributed by atoms with E-state index in [1.54, 1.807) is 24.5 Å². The molecule has 1 aliphatic heterocycles. The number of morpholine rings is 1. The molecule has 1 aromatic carbocycles. The van der Waals surface area contributed by atoms with Crippen molar-refractivity contribution in [1.82, 2.24) is 9.88 Å². The summed E-state index contributed by atoms with van der Waals surface area (Å²) in [5.41, 5.74) is 1.73. The SMILES string of the molecule is CC1CN(C(=O)c2cccnc2)CC(c2ccccc2)O1. The minimum atomic E-state index is -0.0735. The molecule has 2 atom stereocenters. The zero-order valence-corrected chi connectivity index (χ0v) is 12.0. The first kappa shape index (κ1) is 13.8. The standard InChI is InChI=1S/C17H18N2O2/c1-13-11-19(17(20)15-8-5-9-18-10-15)12-16(21-13)14-6-3-2-4-7-14/h2-10,13,16H,11-12H2,1H3. The lowest BCUT2D eigenvalue weighted by Crippen LogP contribution is -2.46. The highest BCUT2D eigenvalue weighted by Gasteiger charge is 2.29. The predicted molar refractivity (Wildman–Crippen MR) is 79.9 cm³/mol. The fourth-order valence-corrected chi connectivity index (χ4v) is 2.64. The van der Waals surface area contributed by atoms with E-state index in [1.807, 2.05) is 42.2 Å². The van der Waals surface area contributed by atoms with Crippen LogP contribution in [0.15, 0.2) is 54.9 Å². The summed E-state index contributed by atoms with van der Waals surface area (Å²) in [4.78, 5) is 18.4. The topological polar surface area (TPSA) is 42.4 Å². The Morgan fingerprint density at radius 2 is 2.00 bits per heavy atom. The Hall–Kier alpha value is -2.20. The Morgan fingerprint density at radius 1 is 1.19 bits per heavy atom. The third kappa shape index (κ3) is 3.11. The molecular weight excluding hydrogens is 264 g/mol. The number of benzene rings is 1. The number of pyridine rings is 1. The number of amides is 1. The van der Waals surface area contributed by atoms with Gasteiger partial charge in [-0.25, -0.2) is 0 Å². The minimum Gasteiger partial charge on any atom is -0.367 e. The second kappa shape index (κ2) is 6.06. The molecule has 0 spiro atoms. The van der Waals surface area contributed by atoms with Crippen molar-refractivity contribution in [2.24, 2.45) is 0 Å². The molecule has 21 heavy (non-hydrogen) atoms. The van der Waals surface area contributed by atoms with Gasteiger partial charge in [0.05, 0.1) is 18.2 Å². The summed E-state index contributed by atoms with van der Waals surface area (Å²) in [5.74, 6) is 0.0131. The highest BCUT2D eigenvalue weighted by atomic mass is 16.5. The van der Waals surface area contributed by atoms with Crippen LogP contribution in [0.3, 0.4) is 0 Å². The summed E-state index contributed by atoms with van der Waals surface area (Å²) in [6, 6.07) is 13.6. The van der Waals surface area contributed by atoms with Gasteiger partial charge in [0.15, 0.2) is 0 Å². The molecule has 108 valence electrons. The van der Waals surface area contributed by atoms with Gasteiger partial charge >= 0.3 is 0 Å². The minimum absolute atomic E-state index is 0.0131. The molecule has 2 unspecified atom stereocenters. The summed E-state index contributed by atoms with van der Waals surface area (Å²) in [5, 5.41) is 0. The van der Waals surface area contributed by atoms with Crippen molar-refractivity contribution in [3.05, 3.63) is 66.0 Å². The lowest BCUT2D eigenvalue weighted by atomic mass is 10.1. The van der Waals surface area contributed by atoms with Crippen molar-refractivity contribution in [1.29, 1.82) is 0 Å². The van der Waals surface area contributed by atoms with Gasteiger partial charge in [0.2, 0.25) is 0 Å². The molecule has 0 aliphatic carbocycles. The third-order valence-electron chi connectivity index (χ3n) is 3.63. The number of hydrogen-bond donors (Lipinski definition) is 0. The molecule has 3 rings (SSSR count). The summed E-state index contributed by atoms with van der Waals surface area (Å²) in [6.45, 7) is 3.18. The molecular formula is C17H18N2O2. The molecule has 1 amide bonds. The van der Waals surface area contributed by atoms with E-state index in [-0.39, 0.29) is 18.1 Å². The quantitative estimate of drug-likeness (QED) is 0.850. The summed E-state index contributed by atoms with van der Waals surface area (Å²) in [6.07, 6.45) is 3.23. The number of carbonyl (C=O) groups is 1. The van der Waals surface area contributed by atoms with Crippen molar-refractivity contribution < 1.29 is 9.53 Å². The molecule has 1 saturated heterocycles. The van der Waals surface area contributed by atoms with Crippen LogP contribution >= 0.6 is 0 Å². The maximum Gasteiger partial charge on any atom is 0.255 e. The van der Waals surface area contributed by atoms with E-state index in [9.17, 15) is 4.79 Å².